The molecule has 0 amide bonds. The number of nitrogens with zero attached hydrogens (tertiary/aromatic N) is 5. The molecule has 1 N–H and O–H groups in total. The molecule has 3 aromatic rings. The van der Waals surface area contributed by atoms with E-state index in [2.05, 4.69) is 20.2 Å². The van der Waals surface area contributed by atoms with Crippen molar-refractivity contribution in [3.63, 3.8) is 0 Å². The predicted octanol–water partition coefficient (Wildman–Crippen LogP) is 3.34. The molecule has 126 valence electrons. The van der Waals surface area contributed by atoms with Crippen molar-refractivity contribution < 1.29 is 9.50 Å². The first-order valence-corrected chi connectivity index (χ1v) is 8.07. The molecule has 0 aliphatic heterocycles. The van der Waals surface area contributed by atoms with E-state index >= 15 is 0 Å². The van der Waals surface area contributed by atoms with Gasteiger partial charge in [0.05, 0.1) is 18.2 Å². The number of alkyl halides is 1. The van der Waals surface area contributed by atoms with E-state index in [9.17, 15) is 9.50 Å². The molecule has 0 spiro atoms. The molecule has 1 aliphatic rings. The van der Waals surface area contributed by atoms with E-state index in [1.807, 2.05) is 6.07 Å². The van der Waals surface area contributed by atoms with Crippen molar-refractivity contribution in [2.45, 2.75) is 25.4 Å². The molecule has 4 rings (SSSR count). The second-order valence-corrected chi connectivity index (χ2v) is 5.95. The number of hydrogen-bond donors (Lipinski definition) is 1. The zero-order valence-corrected chi connectivity index (χ0v) is 13.4. The Morgan fingerprint density at radius 2 is 2.20 bits per heavy atom. The third-order valence-corrected chi connectivity index (χ3v) is 4.28. The van der Waals surface area contributed by atoms with Gasteiger partial charge in [0.15, 0.2) is 5.82 Å². The molecule has 0 unspecified atom stereocenters. The van der Waals surface area contributed by atoms with Gasteiger partial charge in [0.1, 0.15) is 17.6 Å². The van der Waals surface area contributed by atoms with Gasteiger partial charge in [0.25, 0.3) is 0 Å². The molecule has 1 atom stereocenters. The predicted molar refractivity (Wildman–Crippen MR) is 90.8 cm³/mol. The van der Waals surface area contributed by atoms with Crippen LogP contribution < -0.4 is 0 Å². The van der Waals surface area contributed by atoms with Crippen molar-refractivity contribution in [3.05, 3.63) is 54.5 Å². The van der Waals surface area contributed by atoms with Crippen LogP contribution in [-0.2, 0) is 0 Å². The Kier molecular flexibility index (Phi) is 3.97. The van der Waals surface area contributed by atoms with Crippen LogP contribution in [0, 0.1) is 0 Å². The molecule has 0 bridgehead atoms. The van der Waals surface area contributed by atoms with Crippen molar-refractivity contribution in [3.8, 4) is 22.7 Å². The summed E-state index contributed by atoms with van der Waals surface area (Å²) in [4.78, 5) is 8.21. The Morgan fingerprint density at radius 3 is 2.84 bits per heavy atom. The standard InChI is InChI=1S/C18H16FN5O/c19-15-3-1-2-12(15)8-18-21-10-16(22-23-18)14-5-4-13(9-17(14)25)24-7-6-20-11-24/h4-11,15,25H,1-3H2/b12-8-/t15-/m1/s1. The normalized spacial score (nSPS) is 18.8. The van der Waals surface area contributed by atoms with E-state index in [4.69, 9.17) is 0 Å². The van der Waals surface area contributed by atoms with Gasteiger partial charge < -0.3 is 9.67 Å². The van der Waals surface area contributed by atoms with Gasteiger partial charge in [-0.25, -0.2) is 14.4 Å². The molecule has 1 aromatic carbocycles. The fourth-order valence-electron chi connectivity index (χ4n) is 2.94. The smallest absolute Gasteiger partial charge is 0.174 e. The summed E-state index contributed by atoms with van der Waals surface area (Å²) >= 11 is 0. The highest BCUT2D eigenvalue weighted by Crippen LogP contribution is 2.30. The van der Waals surface area contributed by atoms with E-state index < -0.39 is 6.17 Å². The van der Waals surface area contributed by atoms with Crippen molar-refractivity contribution in [1.29, 1.82) is 0 Å². The lowest BCUT2D eigenvalue weighted by atomic mass is 10.1. The van der Waals surface area contributed by atoms with E-state index in [0.29, 0.717) is 23.5 Å². The first kappa shape index (κ1) is 15.4. The summed E-state index contributed by atoms with van der Waals surface area (Å²) in [6.45, 7) is 0. The zero-order valence-electron chi connectivity index (χ0n) is 13.4. The second kappa shape index (κ2) is 6.43. The summed E-state index contributed by atoms with van der Waals surface area (Å²) in [7, 11) is 0. The second-order valence-electron chi connectivity index (χ2n) is 5.95. The van der Waals surface area contributed by atoms with Crippen LogP contribution in [0.25, 0.3) is 23.0 Å². The summed E-state index contributed by atoms with van der Waals surface area (Å²) < 4.78 is 15.4. The van der Waals surface area contributed by atoms with Crippen LogP contribution in [-0.4, -0.2) is 36.0 Å². The van der Waals surface area contributed by atoms with Crippen molar-refractivity contribution in [1.82, 2.24) is 24.7 Å². The number of phenols is 1. The topological polar surface area (TPSA) is 76.7 Å². The summed E-state index contributed by atoms with van der Waals surface area (Å²) in [5.74, 6) is 0.464. The molecule has 0 saturated heterocycles. The van der Waals surface area contributed by atoms with Crippen LogP contribution >= 0.6 is 0 Å². The maximum absolute atomic E-state index is 13.6. The first-order chi connectivity index (χ1) is 12.2. The van der Waals surface area contributed by atoms with Gasteiger partial charge in [0.2, 0.25) is 0 Å². The summed E-state index contributed by atoms with van der Waals surface area (Å²) in [5, 5.41) is 18.4. The Morgan fingerprint density at radius 1 is 1.28 bits per heavy atom. The van der Waals surface area contributed by atoms with Gasteiger partial charge in [-0.05, 0) is 43.0 Å². The van der Waals surface area contributed by atoms with Crippen LogP contribution in [0.3, 0.4) is 0 Å². The third-order valence-electron chi connectivity index (χ3n) is 4.28. The summed E-state index contributed by atoms with van der Waals surface area (Å²) in [5.41, 5.74) is 2.51. The maximum Gasteiger partial charge on any atom is 0.174 e. The molecule has 1 aliphatic carbocycles. The third kappa shape index (κ3) is 3.13. The Balaban J connectivity index is 1.60. The number of imidazole rings is 1. The van der Waals surface area contributed by atoms with Gasteiger partial charge in [-0.15, -0.1) is 10.2 Å². The number of rotatable bonds is 3. The molecule has 7 heteroatoms. The first-order valence-electron chi connectivity index (χ1n) is 8.07. The lowest BCUT2D eigenvalue weighted by Crippen LogP contribution is -1.98. The van der Waals surface area contributed by atoms with Crippen molar-refractivity contribution in [2.75, 3.05) is 0 Å². The minimum Gasteiger partial charge on any atom is -0.507 e. The number of benzene rings is 1. The lowest BCUT2D eigenvalue weighted by molar-refractivity contribution is 0.391. The minimum atomic E-state index is -0.900. The number of halogens is 1. The maximum atomic E-state index is 13.6. The van der Waals surface area contributed by atoms with E-state index in [1.165, 1.54) is 6.20 Å². The van der Waals surface area contributed by atoms with Crippen molar-refractivity contribution >= 4 is 6.08 Å². The largest absolute Gasteiger partial charge is 0.507 e. The molecule has 6 nitrogen and oxygen atoms in total. The Hall–Kier alpha value is -3.09. The number of phenolic OH excluding ortho intramolecular Hbond substituents is 1. The molecule has 2 aromatic heterocycles. The highest BCUT2D eigenvalue weighted by Gasteiger charge is 2.20. The van der Waals surface area contributed by atoms with Gasteiger partial charge in [-0.2, -0.15) is 0 Å². The minimum absolute atomic E-state index is 0.0769. The van der Waals surface area contributed by atoms with Crippen molar-refractivity contribution in [2.24, 2.45) is 0 Å². The van der Waals surface area contributed by atoms with Gasteiger partial charge in [-0.3, -0.25) is 0 Å². The molecule has 1 fully saturated rings. The average Bonchev–Trinajstić information content (AvgIpc) is 3.28. The van der Waals surface area contributed by atoms with E-state index in [1.54, 1.807) is 41.5 Å². The number of hydrogen-bond acceptors (Lipinski definition) is 5. The highest BCUT2D eigenvalue weighted by atomic mass is 19.1. The van der Waals surface area contributed by atoms with Crippen LogP contribution in [0.5, 0.6) is 5.75 Å². The lowest BCUT2D eigenvalue weighted by Gasteiger charge is -2.07. The zero-order chi connectivity index (χ0) is 17.2. The fourth-order valence-corrected chi connectivity index (χ4v) is 2.94. The molecule has 25 heavy (non-hydrogen) atoms. The SMILES string of the molecule is Oc1cc(-n2ccnc2)ccc1-c1cnc(/C=C2/CCC[C@H]2F)nn1. The van der Waals surface area contributed by atoms with Gasteiger partial charge in [0, 0.05) is 24.0 Å². The fraction of sp³-hybridized carbons (Fsp3) is 0.222. The van der Waals surface area contributed by atoms with Gasteiger partial charge >= 0.3 is 0 Å². The van der Waals surface area contributed by atoms with Gasteiger partial charge in [-0.1, -0.05) is 0 Å². The summed E-state index contributed by atoms with van der Waals surface area (Å²) in [6, 6.07) is 5.23. The quantitative estimate of drug-likeness (QED) is 0.793. The molecular weight excluding hydrogens is 321 g/mol. The monoisotopic (exact) mass is 337 g/mol. The number of allylic oxidation sites excluding steroid dienone is 1. The van der Waals surface area contributed by atoms with Crippen LogP contribution in [0.1, 0.15) is 25.1 Å². The molecular formula is C18H16FN5O. The van der Waals surface area contributed by atoms with Crippen LogP contribution in [0.2, 0.25) is 0 Å². The molecule has 1 saturated carbocycles. The molecule has 0 radical (unpaired) electrons. The van der Waals surface area contributed by atoms with E-state index in [0.717, 1.165) is 24.1 Å². The highest BCUT2D eigenvalue weighted by molar-refractivity contribution is 5.68. The Labute approximate surface area is 143 Å². The number of aromatic hydroxyl groups is 1. The van der Waals surface area contributed by atoms with Crippen LogP contribution in [0.4, 0.5) is 4.39 Å². The Bertz CT molecular complexity index is 906. The number of aromatic nitrogens is 5. The van der Waals surface area contributed by atoms with Crippen LogP contribution in [0.15, 0.2) is 48.7 Å². The summed E-state index contributed by atoms with van der Waals surface area (Å²) in [6.07, 6.45) is 9.57. The average molecular weight is 337 g/mol. The van der Waals surface area contributed by atoms with E-state index in [-0.39, 0.29) is 5.75 Å². The molecule has 2 heterocycles.